The van der Waals surface area contributed by atoms with E-state index in [0.29, 0.717) is 32.5 Å². The number of likely N-dealkylation sites (tertiary alicyclic amines) is 1. The highest BCUT2D eigenvalue weighted by atomic mass is 16.6. The first-order valence-electron chi connectivity index (χ1n) is 6.87. The normalized spacial score (nSPS) is 15.6. The summed E-state index contributed by atoms with van der Waals surface area (Å²) in [7, 11) is 1.45. The molecular formula is C13H19N3O5. The van der Waals surface area contributed by atoms with Crippen molar-refractivity contribution in [2.24, 2.45) is 0 Å². The fraction of sp³-hybridized carbons (Fsp3) is 0.615. The molecule has 1 aliphatic heterocycles. The average molecular weight is 297 g/mol. The van der Waals surface area contributed by atoms with E-state index in [2.05, 4.69) is 10.5 Å². The maximum absolute atomic E-state index is 12.0. The minimum Gasteiger partial charge on any atom is -0.479 e. The van der Waals surface area contributed by atoms with Crippen molar-refractivity contribution < 1.29 is 23.6 Å². The van der Waals surface area contributed by atoms with Gasteiger partial charge in [-0.1, -0.05) is 0 Å². The van der Waals surface area contributed by atoms with E-state index in [4.69, 9.17) is 14.0 Å². The van der Waals surface area contributed by atoms with Crippen LogP contribution in [0.15, 0.2) is 10.6 Å². The van der Waals surface area contributed by atoms with Crippen molar-refractivity contribution in [3.05, 3.63) is 11.8 Å². The molecule has 0 unspecified atom stereocenters. The van der Waals surface area contributed by atoms with Crippen LogP contribution in [0, 0.1) is 0 Å². The van der Waals surface area contributed by atoms with Gasteiger partial charge in [-0.15, -0.1) is 0 Å². The van der Waals surface area contributed by atoms with Crippen LogP contribution in [-0.2, 0) is 4.74 Å². The molecule has 0 saturated carbocycles. The minimum absolute atomic E-state index is 0.000675. The van der Waals surface area contributed by atoms with E-state index in [1.54, 1.807) is 11.8 Å². The van der Waals surface area contributed by atoms with Crippen LogP contribution < -0.4 is 10.1 Å². The summed E-state index contributed by atoms with van der Waals surface area (Å²) in [6.45, 7) is 3.26. The molecule has 0 spiro atoms. The Bertz CT molecular complexity index is 494. The number of carbonyl (C=O) groups excluding carboxylic acids is 2. The van der Waals surface area contributed by atoms with E-state index in [1.165, 1.54) is 13.2 Å². The van der Waals surface area contributed by atoms with Gasteiger partial charge in [0.15, 0.2) is 0 Å². The van der Waals surface area contributed by atoms with Gasteiger partial charge >= 0.3 is 6.09 Å². The zero-order valence-corrected chi connectivity index (χ0v) is 12.1. The molecule has 8 nitrogen and oxygen atoms in total. The van der Waals surface area contributed by atoms with Crippen LogP contribution in [0.1, 0.15) is 30.3 Å². The molecule has 2 rings (SSSR count). The summed E-state index contributed by atoms with van der Waals surface area (Å²) < 4.78 is 14.7. The van der Waals surface area contributed by atoms with Crippen LogP contribution in [-0.4, -0.2) is 54.9 Å². The van der Waals surface area contributed by atoms with Gasteiger partial charge in [0.25, 0.3) is 11.8 Å². The Morgan fingerprint density at radius 2 is 2.19 bits per heavy atom. The number of amides is 2. The van der Waals surface area contributed by atoms with E-state index in [1.807, 2.05) is 0 Å². The number of hydrogen-bond acceptors (Lipinski definition) is 6. The van der Waals surface area contributed by atoms with Crippen LogP contribution in [0.25, 0.3) is 0 Å². The number of rotatable bonds is 4. The largest absolute Gasteiger partial charge is 0.479 e. The molecule has 2 amide bonds. The van der Waals surface area contributed by atoms with Gasteiger partial charge in [0, 0.05) is 19.1 Å². The first-order valence-corrected chi connectivity index (χ1v) is 6.87. The quantitative estimate of drug-likeness (QED) is 0.892. The highest BCUT2D eigenvalue weighted by molar-refractivity contribution is 5.91. The molecule has 1 aliphatic rings. The Hall–Kier alpha value is -2.25. The Kier molecular flexibility index (Phi) is 5.02. The highest BCUT2D eigenvalue weighted by Gasteiger charge is 2.25. The number of methoxy groups -OCH3 is 1. The lowest BCUT2D eigenvalue weighted by Crippen LogP contribution is -2.46. The van der Waals surface area contributed by atoms with E-state index >= 15 is 0 Å². The molecule has 8 heteroatoms. The van der Waals surface area contributed by atoms with Crippen molar-refractivity contribution in [1.82, 2.24) is 15.4 Å². The number of hydrogen-bond donors (Lipinski definition) is 1. The van der Waals surface area contributed by atoms with E-state index in [-0.39, 0.29) is 29.7 Å². The third-order valence-corrected chi connectivity index (χ3v) is 3.28. The predicted molar refractivity (Wildman–Crippen MR) is 72.1 cm³/mol. The summed E-state index contributed by atoms with van der Waals surface area (Å²) in [4.78, 5) is 25.2. The molecule has 116 valence electrons. The summed E-state index contributed by atoms with van der Waals surface area (Å²) in [5.41, 5.74) is 0. The molecular weight excluding hydrogens is 278 g/mol. The second-order valence-electron chi connectivity index (χ2n) is 4.67. The van der Waals surface area contributed by atoms with E-state index in [0.717, 1.165) is 0 Å². The fourth-order valence-corrected chi connectivity index (χ4v) is 2.14. The summed E-state index contributed by atoms with van der Waals surface area (Å²) in [6.07, 6.45) is 1.05. The maximum atomic E-state index is 12.0. The lowest BCUT2D eigenvalue weighted by Gasteiger charge is -2.31. The zero-order valence-electron chi connectivity index (χ0n) is 12.1. The fourth-order valence-electron chi connectivity index (χ4n) is 2.14. The van der Waals surface area contributed by atoms with Gasteiger partial charge in [0.05, 0.1) is 19.8 Å². The Labute approximate surface area is 122 Å². The third-order valence-electron chi connectivity index (χ3n) is 3.28. The smallest absolute Gasteiger partial charge is 0.409 e. The molecule has 1 aromatic rings. The SMILES string of the molecule is CCOC(=O)N1CCC(NC(=O)c2cc(OC)no2)CC1. The molecule has 1 saturated heterocycles. The molecule has 0 aromatic carbocycles. The Balaban J connectivity index is 1.80. The van der Waals surface area contributed by atoms with Gasteiger partial charge in [-0.3, -0.25) is 4.79 Å². The summed E-state index contributed by atoms with van der Waals surface area (Å²) >= 11 is 0. The van der Waals surface area contributed by atoms with Crippen molar-refractivity contribution in [1.29, 1.82) is 0 Å². The summed E-state index contributed by atoms with van der Waals surface area (Å²) in [6, 6.07) is 1.43. The standard InChI is InChI=1S/C13H19N3O5/c1-3-20-13(18)16-6-4-9(5-7-16)14-12(17)10-8-11(19-2)15-21-10/h8-9H,3-7H2,1-2H3,(H,14,17). The van der Waals surface area contributed by atoms with Crippen molar-refractivity contribution in [3.63, 3.8) is 0 Å². The number of carbonyl (C=O) groups is 2. The van der Waals surface area contributed by atoms with Crippen LogP contribution in [0.4, 0.5) is 4.79 Å². The van der Waals surface area contributed by atoms with Gasteiger partial charge in [-0.05, 0) is 24.9 Å². The molecule has 1 N–H and O–H groups in total. The molecule has 21 heavy (non-hydrogen) atoms. The molecule has 0 bridgehead atoms. The maximum Gasteiger partial charge on any atom is 0.409 e. The molecule has 0 aliphatic carbocycles. The third kappa shape index (κ3) is 3.87. The summed E-state index contributed by atoms with van der Waals surface area (Å²) in [5.74, 6) is 0.0392. The zero-order chi connectivity index (χ0) is 15.2. The van der Waals surface area contributed by atoms with Crippen LogP contribution in [0.5, 0.6) is 5.88 Å². The molecule has 1 fully saturated rings. The summed E-state index contributed by atoms with van der Waals surface area (Å²) in [5, 5.41) is 6.43. The van der Waals surface area contributed by atoms with Crippen molar-refractivity contribution in [2.45, 2.75) is 25.8 Å². The van der Waals surface area contributed by atoms with Crippen LogP contribution in [0.3, 0.4) is 0 Å². The lowest BCUT2D eigenvalue weighted by molar-refractivity contribution is 0.0834. The van der Waals surface area contributed by atoms with E-state index in [9.17, 15) is 9.59 Å². The predicted octanol–water partition coefficient (Wildman–Crippen LogP) is 1.03. The highest BCUT2D eigenvalue weighted by Crippen LogP contribution is 2.14. The van der Waals surface area contributed by atoms with E-state index < -0.39 is 0 Å². The Morgan fingerprint density at radius 3 is 2.76 bits per heavy atom. The van der Waals surface area contributed by atoms with Gasteiger partial charge in [-0.25, -0.2) is 4.79 Å². The number of nitrogens with one attached hydrogen (secondary N) is 1. The second kappa shape index (κ2) is 6.96. The minimum atomic E-state index is -0.333. The van der Waals surface area contributed by atoms with Gasteiger partial charge in [0.1, 0.15) is 0 Å². The van der Waals surface area contributed by atoms with Gasteiger partial charge in [0.2, 0.25) is 5.76 Å². The molecule has 2 heterocycles. The number of ether oxygens (including phenoxy) is 2. The van der Waals surface area contributed by atoms with Crippen molar-refractivity contribution in [2.75, 3.05) is 26.8 Å². The number of nitrogens with zero attached hydrogens (tertiary/aromatic N) is 2. The topological polar surface area (TPSA) is 93.9 Å². The van der Waals surface area contributed by atoms with Crippen LogP contribution in [0.2, 0.25) is 0 Å². The van der Waals surface area contributed by atoms with Gasteiger partial charge < -0.3 is 24.2 Å². The monoisotopic (exact) mass is 297 g/mol. The molecule has 1 aromatic heterocycles. The average Bonchev–Trinajstić information content (AvgIpc) is 2.97. The Morgan fingerprint density at radius 1 is 1.48 bits per heavy atom. The lowest BCUT2D eigenvalue weighted by atomic mass is 10.1. The number of aromatic nitrogens is 1. The van der Waals surface area contributed by atoms with Crippen molar-refractivity contribution >= 4 is 12.0 Å². The van der Waals surface area contributed by atoms with Crippen LogP contribution >= 0.6 is 0 Å². The molecule has 0 atom stereocenters. The number of piperidine rings is 1. The molecule has 0 radical (unpaired) electrons. The van der Waals surface area contributed by atoms with Crippen molar-refractivity contribution in [3.8, 4) is 5.88 Å². The second-order valence-corrected chi connectivity index (χ2v) is 4.67. The van der Waals surface area contributed by atoms with Gasteiger partial charge in [-0.2, -0.15) is 0 Å². The first-order chi connectivity index (χ1) is 10.1. The first kappa shape index (κ1) is 15.1.